The van der Waals surface area contributed by atoms with E-state index in [1.807, 2.05) is 57.7 Å². The Morgan fingerprint density at radius 1 is 1.18 bits per heavy atom. The van der Waals surface area contributed by atoms with Crippen molar-refractivity contribution in [1.29, 1.82) is 0 Å². The molecule has 2 heterocycles. The summed E-state index contributed by atoms with van der Waals surface area (Å²) in [4.78, 5) is 17.5. The molecule has 1 aliphatic rings. The van der Waals surface area contributed by atoms with Gasteiger partial charge >= 0.3 is 0 Å². The highest BCUT2D eigenvalue weighted by molar-refractivity contribution is 5.97. The van der Waals surface area contributed by atoms with Crippen molar-refractivity contribution in [2.45, 2.75) is 6.42 Å². The van der Waals surface area contributed by atoms with Crippen LogP contribution in [0.2, 0.25) is 0 Å². The third-order valence-electron chi connectivity index (χ3n) is 5.93. The molecule has 4 rings (SSSR count). The molecule has 0 saturated carbocycles. The van der Waals surface area contributed by atoms with Gasteiger partial charge in [0.15, 0.2) is 0 Å². The van der Waals surface area contributed by atoms with Gasteiger partial charge in [0.05, 0.1) is 30.6 Å². The number of ether oxygens (including phenoxy) is 2. The minimum absolute atomic E-state index is 0.0539. The predicted octanol–water partition coefficient (Wildman–Crippen LogP) is 3.27. The molecule has 3 aromatic rings. The molecule has 1 atom stereocenters. The first kappa shape index (κ1) is 22.7. The summed E-state index contributed by atoms with van der Waals surface area (Å²) < 4.78 is 11.2. The van der Waals surface area contributed by atoms with Crippen LogP contribution >= 0.6 is 0 Å². The lowest BCUT2D eigenvalue weighted by molar-refractivity contribution is -0.121. The van der Waals surface area contributed by atoms with Crippen molar-refractivity contribution in [2.75, 3.05) is 58.2 Å². The second-order valence-electron chi connectivity index (χ2n) is 8.62. The Kier molecular flexibility index (Phi) is 6.84. The number of methoxy groups -OCH3 is 1. The van der Waals surface area contributed by atoms with E-state index < -0.39 is 0 Å². The number of hydrogen-bond acceptors (Lipinski definition) is 6. The molecular formula is C25H31N5O3. The number of carbonyl (C=O) groups excluding carboxylic acids is 1. The molecule has 0 fully saturated rings. The molecule has 1 amide bonds. The summed E-state index contributed by atoms with van der Waals surface area (Å²) in [6.07, 6.45) is 4.27. The zero-order chi connectivity index (χ0) is 23.4. The molecule has 174 valence electrons. The van der Waals surface area contributed by atoms with Crippen LogP contribution in [0, 0.1) is 5.92 Å². The minimum atomic E-state index is -0.280. The van der Waals surface area contributed by atoms with E-state index in [0.29, 0.717) is 13.0 Å². The first-order chi connectivity index (χ1) is 15.9. The maximum atomic E-state index is 13.2. The van der Waals surface area contributed by atoms with Gasteiger partial charge in [-0.15, -0.1) is 0 Å². The summed E-state index contributed by atoms with van der Waals surface area (Å²) in [5.41, 5.74) is 4.77. The van der Waals surface area contributed by atoms with Gasteiger partial charge in [-0.3, -0.25) is 9.89 Å². The zero-order valence-electron chi connectivity index (χ0n) is 19.6. The van der Waals surface area contributed by atoms with E-state index in [0.717, 1.165) is 52.7 Å². The van der Waals surface area contributed by atoms with Crippen LogP contribution in [0.15, 0.2) is 48.8 Å². The lowest BCUT2D eigenvalue weighted by atomic mass is 9.95. The van der Waals surface area contributed by atoms with E-state index in [1.54, 1.807) is 13.3 Å². The molecule has 0 bridgehead atoms. The molecule has 0 saturated heterocycles. The van der Waals surface area contributed by atoms with Gasteiger partial charge in [0.25, 0.3) is 0 Å². The fourth-order valence-electron chi connectivity index (χ4n) is 3.91. The van der Waals surface area contributed by atoms with Crippen molar-refractivity contribution in [2.24, 2.45) is 5.92 Å². The largest absolute Gasteiger partial charge is 0.497 e. The Balaban J connectivity index is 1.55. The summed E-state index contributed by atoms with van der Waals surface area (Å²) in [7, 11) is 7.78. The molecule has 1 unspecified atom stereocenters. The second-order valence-corrected chi connectivity index (χ2v) is 8.62. The molecule has 0 spiro atoms. The number of anilines is 2. The van der Waals surface area contributed by atoms with Crippen LogP contribution in [0.3, 0.4) is 0 Å². The van der Waals surface area contributed by atoms with E-state index in [4.69, 9.17) is 9.47 Å². The normalized spacial score (nSPS) is 15.0. The van der Waals surface area contributed by atoms with Crippen molar-refractivity contribution in [1.82, 2.24) is 15.1 Å². The number of benzene rings is 2. The van der Waals surface area contributed by atoms with Crippen LogP contribution in [0.4, 0.5) is 11.4 Å². The molecule has 1 aliphatic heterocycles. The number of H-pyrrole nitrogens is 1. The van der Waals surface area contributed by atoms with Crippen LogP contribution in [0.5, 0.6) is 11.5 Å². The van der Waals surface area contributed by atoms with Gasteiger partial charge in [0.1, 0.15) is 18.1 Å². The Morgan fingerprint density at radius 3 is 2.76 bits per heavy atom. The van der Waals surface area contributed by atoms with E-state index in [1.165, 1.54) is 0 Å². The van der Waals surface area contributed by atoms with Crippen LogP contribution in [-0.4, -0.2) is 69.0 Å². The van der Waals surface area contributed by atoms with Crippen molar-refractivity contribution in [3.05, 3.63) is 54.4 Å². The number of rotatable bonds is 8. The van der Waals surface area contributed by atoms with E-state index in [9.17, 15) is 4.79 Å². The van der Waals surface area contributed by atoms with Gasteiger partial charge < -0.3 is 24.6 Å². The smallest absolute Gasteiger partial charge is 0.231 e. The van der Waals surface area contributed by atoms with Gasteiger partial charge in [-0.05, 0) is 62.0 Å². The summed E-state index contributed by atoms with van der Waals surface area (Å²) in [6, 6.07) is 11.8. The fraction of sp³-hybridized carbons (Fsp3) is 0.360. The van der Waals surface area contributed by atoms with Gasteiger partial charge in [-0.25, -0.2) is 0 Å². The molecule has 8 heteroatoms. The number of nitrogens with one attached hydrogen (secondary N) is 2. The first-order valence-electron chi connectivity index (χ1n) is 11.0. The molecule has 0 radical (unpaired) electrons. The Bertz CT molecular complexity index is 1100. The maximum Gasteiger partial charge on any atom is 0.231 e. The molecule has 2 N–H and O–H groups in total. The number of likely N-dealkylation sites (N-methyl/N-ethyl adjacent to an activating group) is 2. The van der Waals surface area contributed by atoms with Gasteiger partial charge in [-0.2, -0.15) is 5.10 Å². The summed E-state index contributed by atoms with van der Waals surface area (Å²) in [6.45, 7) is 2.07. The SMILES string of the molecule is COc1ccc2c(c1)CC(C(=O)Nc1ccc(-c3cn[nH]c3)cc1N(C)CCN(C)C)CO2. The third-order valence-corrected chi connectivity index (χ3v) is 5.93. The lowest BCUT2D eigenvalue weighted by Crippen LogP contribution is -2.33. The van der Waals surface area contributed by atoms with Gasteiger partial charge in [0, 0.05) is 31.9 Å². The maximum absolute atomic E-state index is 13.2. The molecule has 0 aliphatic carbocycles. The highest BCUT2D eigenvalue weighted by Crippen LogP contribution is 2.34. The number of aromatic amines is 1. The van der Waals surface area contributed by atoms with Crippen LogP contribution in [0.25, 0.3) is 11.1 Å². The topological polar surface area (TPSA) is 82.7 Å². The van der Waals surface area contributed by atoms with Crippen LogP contribution in [-0.2, 0) is 11.2 Å². The number of hydrogen-bond donors (Lipinski definition) is 2. The first-order valence-corrected chi connectivity index (χ1v) is 11.0. The van der Waals surface area contributed by atoms with Gasteiger partial charge in [-0.1, -0.05) is 6.07 Å². The zero-order valence-corrected chi connectivity index (χ0v) is 19.6. The number of amides is 1. The predicted molar refractivity (Wildman–Crippen MR) is 130 cm³/mol. The number of aromatic nitrogens is 2. The van der Waals surface area contributed by atoms with Crippen molar-refractivity contribution in [3.63, 3.8) is 0 Å². The molecular weight excluding hydrogens is 418 g/mol. The average molecular weight is 450 g/mol. The molecule has 8 nitrogen and oxygen atoms in total. The quantitative estimate of drug-likeness (QED) is 0.549. The average Bonchev–Trinajstić information content (AvgIpc) is 3.37. The van der Waals surface area contributed by atoms with Crippen LogP contribution in [0.1, 0.15) is 5.56 Å². The molecule has 1 aromatic heterocycles. The number of carbonyl (C=O) groups is 1. The van der Waals surface area contributed by atoms with E-state index in [2.05, 4.69) is 31.4 Å². The van der Waals surface area contributed by atoms with Crippen molar-refractivity contribution < 1.29 is 14.3 Å². The lowest BCUT2D eigenvalue weighted by Gasteiger charge is -2.27. The minimum Gasteiger partial charge on any atom is -0.497 e. The standard InChI is InChI=1S/C25H31N5O3/c1-29(2)9-10-30(3)23-13-17(20-14-26-27-15-20)5-7-22(23)28-25(31)19-11-18-12-21(32-4)6-8-24(18)33-16-19/h5-8,12-15,19H,9-11,16H2,1-4H3,(H,26,27)(H,28,31). The van der Waals surface area contributed by atoms with E-state index >= 15 is 0 Å². The molecule has 33 heavy (non-hydrogen) atoms. The van der Waals surface area contributed by atoms with Gasteiger partial charge in [0.2, 0.25) is 5.91 Å². The Morgan fingerprint density at radius 2 is 2.03 bits per heavy atom. The molecule has 2 aromatic carbocycles. The second kappa shape index (κ2) is 9.95. The fourth-order valence-corrected chi connectivity index (χ4v) is 3.91. The Hall–Kier alpha value is -3.52. The number of fused-ring (bicyclic) bond motifs is 1. The monoisotopic (exact) mass is 449 g/mol. The highest BCUT2D eigenvalue weighted by Gasteiger charge is 2.27. The van der Waals surface area contributed by atoms with Crippen molar-refractivity contribution >= 4 is 17.3 Å². The Labute approximate surface area is 194 Å². The highest BCUT2D eigenvalue weighted by atomic mass is 16.5. The number of nitrogens with zero attached hydrogens (tertiary/aromatic N) is 3. The van der Waals surface area contributed by atoms with Crippen LogP contribution < -0.4 is 19.7 Å². The summed E-state index contributed by atoms with van der Waals surface area (Å²) >= 11 is 0. The van der Waals surface area contributed by atoms with Crippen molar-refractivity contribution in [3.8, 4) is 22.6 Å². The summed E-state index contributed by atoms with van der Waals surface area (Å²) in [5, 5.41) is 10.1. The van der Waals surface area contributed by atoms with E-state index in [-0.39, 0.29) is 11.8 Å². The third kappa shape index (κ3) is 5.28. The summed E-state index contributed by atoms with van der Waals surface area (Å²) in [5.74, 6) is 1.24.